The minimum absolute atomic E-state index is 0.173. The van der Waals surface area contributed by atoms with Gasteiger partial charge < -0.3 is 11.5 Å². The molecule has 0 aliphatic rings. The van der Waals surface area contributed by atoms with E-state index in [1.54, 1.807) is 0 Å². The zero-order chi connectivity index (χ0) is 14.5. The fraction of sp³-hybridized carbons (Fsp3) is 0.333. The molecule has 0 radical (unpaired) electrons. The minimum Gasteiger partial charge on any atom is -0.322 e. The molecule has 0 fully saturated rings. The molecular formula is C18H24N2. The van der Waals surface area contributed by atoms with Gasteiger partial charge in [0, 0.05) is 12.1 Å². The molecule has 4 N–H and O–H groups in total. The smallest absolute Gasteiger partial charge is 0.0491 e. The molecule has 2 nitrogen and oxygen atoms in total. The van der Waals surface area contributed by atoms with Gasteiger partial charge in [0.15, 0.2) is 0 Å². The predicted octanol–water partition coefficient (Wildman–Crippen LogP) is 3.51. The Balaban J connectivity index is 2.15. The van der Waals surface area contributed by atoms with Crippen LogP contribution in [0.1, 0.15) is 48.2 Å². The molecule has 0 unspecified atom stereocenters. The minimum atomic E-state index is -0.173. The summed E-state index contributed by atoms with van der Waals surface area (Å²) in [5.74, 6) is 0. The van der Waals surface area contributed by atoms with Crippen molar-refractivity contribution in [3.63, 3.8) is 0 Å². The Labute approximate surface area is 121 Å². The van der Waals surface area contributed by atoms with E-state index in [0.29, 0.717) is 0 Å². The molecule has 2 atom stereocenters. The molecule has 20 heavy (non-hydrogen) atoms. The first-order valence-electron chi connectivity index (χ1n) is 7.34. The number of benzene rings is 2. The highest BCUT2D eigenvalue weighted by Gasteiger charge is 2.17. The van der Waals surface area contributed by atoms with E-state index in [0.717, 1.165) is 24.0 Å². The molecule has 0 saturated carbocycles. The first-order chi connectivity index (χ1) is 9.65. The fourth-order valence-electron chi connectivity index (χ4n) is 2.37. The highest BCUT2D eigenvalue weighted by atomic mass is 14.8. The molecule has 0 bridgehead atoms. The summed E-state index contributed by atoms with van der Waals surface area (Å²) in [6.07, 6.45) is 2.08. The Kier molecular flexibility index (Phi) is 4.94. The van der Waals surface area contributed by atoms with Crippen molar-refractivity contribution in [1.29, 1.82) is 0 Å². The summed E-state index contributed by atoms with van der Waals surface area (Å²) in [7, 11) is 0. The van der Waals surface area contributed by atoms with Crippen LogP contribution in [-0.4, -0.2) is 0 Å². The molecule has 2 aromatic carbocycles. The molecule has 0 spiro atoms. The SMILES string of the molecule is CCc1ccc([C@@H](N)[C@@H](N)c2ccc(CC)cc2)cc1. The van der Waals surface area contributed by atoms with E-state index in [-0.39, 0.29) is 12.1 Å². The summed E-state index contributed by atoms with van der Waals surface area (Å²) in [5.41, 5.74) is 17.4. The summed E-state index contributed by atoms with van der Waals surface area (Å²) in [6, 6.07) is 16.5. The first-order valence-corrected chi connectivity index (χ1v) is 7.34. The summed E-state index contributed by atoms with van der Waals surface area (Å²) in [5, 5.41) is 0. The van der Waals surface area contributed by atoms with Crippen molar-refractivity contribution < 1.29 is 0 Å². The monoisotopic (exact) mass is 268 g/mol. The average Bonchev–Trinajstić information content (AvgIpc) is 2.53. The summed E-state index contributed by atoms with van der Waals surface area (Å²) in [6.45, 7) is 4.30. The molecule has 106 valence electrons. The molecule has 0 aliphatic carbocycles. The van der Waals surface area contributed by atoms with Crippen LogP contribution in [-0.2, 0) is 12.8 Å². The fourth-order valence-corrected chi connectivity index (χ4v) is 2.37. The van der Waals surface area contributed by atoms with Crippen molar-refractivity contribution in [2.24, 2.45) is 11.5 Å². The van der Waals surface area contributed by atoms with Gasteiger partial charge in [0.25, 0.3) is 0 Å². The molecule has 0 heterocycles. The number of hydrogen-bond donors (Lipinski definition) is 2. The third kappa shape index (κ3) is 3.27. The van der Waals surface area contributed by atoms with Gasteiger partial charge in [0.2, 0.25) is 0 Å². The van der Waals surface area contributed by atoms with Gasteiger partial charge in [-0.2, -0.15) is 0 Å². The third-order valence-electron chi connectivity index (χ3n) is 3.93. The van der Waals surface area contributed by atoms with Crippen molar-refractivity contribution in [1.82, 2.24) is 0 Å². The van der Waals surface area contributed by atoms with Gasteiger partial charge in [-0.05, 0) is 35.1 Å². The van der Waals surface area contributed by atoms with E-state index in [9.17, 15) is 0 Å². The van der Waals surface area contributed by atoms with Crippen molar-refractivity contribution >= 4 is 0 Å². The average molecular weight is 268 g/mol. The molecule has 0 saturated heterocycles. The maximum absolute atomic E-state index is 6.31. The van der Waals surface area contributed by atoms with Crippen LogP contribution in [0.4, 0.5) is 0 Å². The maximum Gasteiger partial charge on any atom is 0.0491 e. The maximum atomic E-state index is 6.31. The van der Waals surface area contributed by atoms with Gasteiger partial charge >= 0.3 is 0 Å². The van der Waals surface area contributed by atoms with E-state index in [1.807, 2.05) is 0 Å². The zero-order valence-corrected chi connectivity index (χ0v) is 12.3. The number of nitrogens with two attached hydrogens (primary N) is 2. The lowest BCUT2D eigenvalue weighted by Gasteiger charge is -2.21. The molecule has 2 rings (SSSR count). The van der Waals surface area contributed by atoms with E-state index in [2.05, 4.69) is 62.4 Å². The summed E-state index contributed by atoms with van der Waals surface area (Å²) < 4.78 is 0. The largest absolute Gasteiger partial charge is 0.322 e. The van der Waals surface area contributed by atoms with Crippen LogP contribution in [0.5, 0.6) is 0 Å². The van der Waals surface area contributed by atoms with Crippen LogP contribution in [0, 0.1) is 0 Å². The van der Waals surface area contributed by atoms with Gasteiger partial charge in [0.1, 0.15) is 0 Å². The lowest BCUT2D eigenvalue weighted by Crippen LogP contribution is -2.26. The van der Waals surface area contributed by atoms with Crippen molar-refractivity contribution in [2.45, 2.75) is 38.8 Å². The van der Waals surface area contributed by atoms with Gasteiger partial charge in [-0.1, -0.05) is 62.4 Å². The lowest BCUT2D eigenvalue weighted by atomic mass is 9.93. The first kappa shape index (κ1) is 14.8. The van der Waals surface area contributed by atoms with Crippen LogP contribution in [0.3, 0.4) is 0 Å². The predicted molar refractivity (Wildman–Crippen MR) is 85.5 cm³/mol. The van der Waals surface area contributed by atoms with Crippen molar-refractivity contribution in [3.8, 4) is 0 Å². The van der Waals surface area contributed by atoms with Crippen LogP contribution >= 0.6 is 0 Å². The number of rotatable bonds is 5. The standard InChI is InChI=1S/C18H24N2/c1-3-13-5-9-15(10-6-13)17(19)18(20)16-11-7-14(4-2)8-12-16/h5-12,17-18H,3-4,19-20H2,1-2H3/t17-,18+. The van der Waals surface area contributed by atoms with Crippen molar-refractivity contribution in [3.05, 3.63) is 70.8 Å². The number of aryl methyl sites for hydroxylation is 2. The van der Waals surface area contributed by atoms with Gasteiger partial charge in [-0.25, -0.2) is 0 Å². The van der Waals surface area contributed by atoms with E-state index in [4.69, 9.17) is 11.5 Å². The second-order valence-electron chi connectivity index (χ2n) is 5.24. The van der Waals surface area contributed by atoms with Crippen LogP contribution in [0.15, 0.2) is 48.5 Å². The Morgan fingerprint density at radius 1 is 0.650 bits per heavy atom. The molecular weight excluding hydrogens is 244 g/mol. The zero-order valence-electron chi connectivity index (χ0n) is 12.3. The molecule has 0 aliphatic heterocycles. The van der Waals surface area contributed by atoms with E-state index < -0.39 is 0 Å². The Morgan fingerprint density at radius 2 is 0.950 bits per heavy atom. The van der Waals surface area contributed by atoms with Crippen LogP contribution in [0.25, 0.3) is 0 Å². The van der Waals surface area contributed by atoms with Gasteiger partial charge in [0.05, 0.1) is 0 Å². The normalized spacial score (nSPS) is 14.0. The summed E-state index contributed by atoms with van der Waals surface area (Å²) in [4.78, 5) is 0. The Morgan fingerprint density at radius 3 is 1.20 bits per heavy atom. The van der Waals surface area contributed by atoms with Crippen molar-refractivity contribution in [2.75, 3.05) is 0 Å². The Hall–Kier alpha value is -1.64. The van der Waals surface area contributed by atoms with E-state index >= 15 is 0 Å². The van der Waals surface area contributed by atoms with Crippen LogP contribution in [0.2, 0.25) is 0 Å². The quantitative estimate of drug-likeness (QED) is 0.872. The second kappa shape index (κ2) is 6.69. The lowest BCUT2D eigenvalue weighted by molar-refractivity contribution is 0.574. The van der Waals surface area contributed by atoms with Crippen LogP contribution < -0.4 is 11.5 Å². The number of hydrogen-bond acceptors (Lipinski definition) is 2. The molecule has 2 aromatic rings. The highest BCUT2D eigenvalue weighted by molar-refractivity contribution is 5.31. The highest BCUT2D eigenvalue weighted by Crippen LogP contribution is 2.25. The Bertz CT molecular complexity index is 477. The molecule has 0 amide bonds. The van der Waals surface area contributed by atoms with Gasteiger partial charge in [-0.15, -0.1) is 0 Å². The molecule has 2 heteroatoms. The van der Waals surface area contributed by atoms with Gasteiger partial charge in [-0.3, -0.25) is 0 Å². The van der Waals surface area contributed by atoms with E-state index in [1.165, 1.54) is 11.1 Å². The molecule has 0 aromatic heterocycles. The summed E-state index contributed by atoms with van der Waals surface area (Å²) >= 11 is 0. The topological polar surface area (TPSA) is 52.0 Å². The third-order valence-corrected chi connectivity index (χ3v) is 3.93. The second-order valence-corrected chi connectivity index (χ2v) is 5.24.